The molecule has 4 heterocycles. The first-order chi connectivity index (χ1) is 12.7. The number of nitrogens with one attached hydrogen (secondary N) is 1. The van der Waals surface area contributed by atoms with Gasteiger partial charge in [-0.05, 0) is 25.1 Å². The normalized spacial score (nSPS) is 18.0. The Bertz CT molecular complexity index is 1130. The smallest absolute Gasteiger partial charge is 0.345 e. The molecule has 1 N–H and O–H groups in total. The largest absolute Gasteiger partial charge is 0.422 e. The van der Waals surface area contributed by atoms with Crippen LogP contribution >= 0.6 is 11.3 Å². The van der Waals surface area contributed by atoms with E-state index in [0.717, 1.165) is 35.7 Å². The molecule has 4 aromatic rings. The van der Waals surface area contributed by atoms with Crippen molar-refractivity contribution in [2.75, 3.05) is 24.5 Å². The van der Waals surface area contributed by atoms with Gasteiger partial charge in [0.1, 0.15) is 5.58 Å². The zero-order valence-electron chi connectivity index (χ0n) is 14.3. The molecule has 1 fully saturated rings. The minimum atomic E-state index is -0.353. The van der Waals surface area contributed by atoms with Crippen molar-refractivity contribution in [1.29, 1.82) is 0 Å². The predicted octanol–water partition coefficient (Wildman–Crippen LogP) is 2.97. The zero-order valence-corrected chi connectivity index (χ0v) is 15.1. The Labute approximate surface area is 153 Å². The van der Waals surface area contributed by atoms with Gasteiger partial charge < -0.3 is 14.6 Å². The average molecular weight is 366 g/mol. The maximum atomic E-state index is 12.5. The Morgan fingerprint density at radius 1 is 1.35 bits per heavy atom. The van der Waals surface area contributed by atoms with Gasteiger partial charge in [0.25, 0.3) is 0 Å². The van der Waals surface area contributed by atoms with Crippen molar-refractivity contribution in [2.45, 2.75) is 13.0 Å². The third kappa shape index (κ3) is 2.60. The molecule has 0 unspecified atom stereocenters. The molecule has 0 radical (unpaired) electrons. The molecule has 1 aromatic carbocycles. The molecule has 1 aliphatic rings. The lowest BCUT2D eigenvalue weighted by Gasteiger charge is -2.33. The summed E-state index contributed by atoms with van der Waals surface area (Å²) in [6.45, 7) is 5.03. The number of imidazole rings is 1. The molecule has 132 valence electrons. The van der Waals surface area contributed by atoms with E-state index in [0.29, 0.717) is 22.9 Å². The molecule has 0 saturated carbocycles. The second-order valence-corrected chi connectivity index (χ2v) is 7.56. The summed E-state index contributed by atoms with van der Waals surface area (Å²) in [5.74, 6) is 0. The predicted molar refractivity (Wildman–Crippen MR) is 104 cm³/mol. The minimum absolute atomic E-state index is 0.353. The van der Waals surface area contributed by atoms with Crippen molar-refractivity contribution in [3.8, 4) is 11.3 Å². The number of nitrogens with zero attached hydrogens (tertiary/aromatic N) is 3. The van der Waals surface area contributed by atoms with Gasteiger partial charge in [0.05, 0.1) is 11.3 Å². The molecule has 1 saturated heterocycles. The number of fused-ring (bicyclic) bond motifs is 2. The lowest BCUT2D eigenvalue weighted by molar-refractivity contribution is 0.484. The van der Waals surface area contributed by atoms with Crippen LogP contribution in [0.4, 0.5) is 5.69 Å². The maximum absolute atomic E-state index is 12.5. The molecular weight excluding hydrogens is 348 g/mol. The molecule has 1 aliphatic heterocycles. The van der Waals surface area contributed by atoms with E-state index in [1.54, 1.807) is 0 Å². The van der Waals surface area contributed by atoms with Crippen LogP contribution in [-0.4, -0.2) is 35.1 Å². The van der Waals surface area contributed by atoms with Crippen LogP contribution in [0.25, 0.3) is 27.2 Å². The minimum Gasteiger partial charge on any atom is -0.422 e. The van der Waals surface area contributed by atoms with Crippen molar-refractivity contribution in [1.82, 2.24) is 14.7 Å². The van der Waals surface area contributed by atoms with Crippen LogP contribution in [0.3, 0.4) is 0 Å². The van der Waals surface area contributed by atoms with E-state index >= 15 is 0 Å². The Kier molecular flexibility index (Phi) is 3.58. The third-order valence-corrected chi connectivity index (χ3v) is 5.59. The second kappa shape index (κ2) is 5.96. The first-order valence-electron chi connectivity index (χ1n) is 8.66. The summed E-state index contributed by atoms with van der Waals surface area (Å²) in [5.41, 5.74) is 2.49. The molecule has 6 nitrogen and oxygen atoms in total. The van der Waals surface area contributed by atoms with Gasteiger partial charge in [-0.15, -0.1) is 11.3 Å². The average Bonchev–Trinajstić information content (AvgIpc) is 3.22. The fraction of sp³-hybridized carbons (Fsp3) is 0.263. The Hall–Kier alpha value is -2.64. The number of hydrogen-bond donors (Lipinski definition) is 1. The van der Waals surface area contributed by atoms with E-state index < -0.39 is 0 Å². The van der Waals surface area contributed by atoms with E-state index in [-0.39, 0.29) is 5.63 Å². The summed E-state index contributed by atoms with van der Waals surface area (Å²) in [7, 11) is 0. The van der Waals surface area contributed by atoms with Crippen LogP contribution in [0.1, 0.15) is 6.92 Å². The highest BCUT2D eigenvalue weighted by molar-refractivity contribution is 7.15. The van der Waals surface area contributed by atoms with E-state index in [1.165, 1.54) is 11.3 Å². The second-order valence-electron chi connectivity index (χ2n) is 6.69. The molecule has 0 aliphatic carbocycles. The number of thiazole rings is 1. The first-order valence-corrected chi connectivity index (χ1v) is 9.54. The molecule has 1 atom stereocenters. The van der Waals surface area contributed by atoms with Crippen LogP contribution in [0, 0.1) is 0 Å². The van der Waals surface area contributed by atoms with Crippen LogP contribution in [-0.2, 0) is 0 Å². The SMILES string of the molecule is C[C@H]1CN(c2ccc3cc(-c4cn5ccsc5n4)c(=O)oc3c2)CCN1. The van der Waals surface area contributed by atoms with Crippen molar-refractivity contribution in [2.24, 2.45) is 0 Å². The fourth-order valence-corrected chi connectivity index (χ4v) is 4.20. The number of anilines is 1. The molecule has 3 aromatic heterocycles. The highest BCUT2D eigenvalue weighted by Crippen LogP contribution is 2.26. The Balaban J connectivity index is 1.56. The van der Waals surface area contributed by atoms with Crippen molar-refractivity contribution in [3.05, 3.63) is 52.5 Å². The van der Waals surface area contributed by atoms with E-state index in [9.17, 15) is 4.79 Å². The van der Waals surface area contributed by atoms with Gasteiger partial charge in [-0.2, -0.15) is 0 Å². The Morgan fingerprint density at radius 3 is 3.12 bits per heavy atom. The monoisotopic (exact) mass is 366 g/mol. The van der Waals surface area contributed by atoms with Gasteiger partial charge >= 0.3 is 5.63 Å². The molecule has 0 amide bonds. The summed E-state index contributed by atoms with van der Waals surface area (Å²) in [4.78, 5) is 20.2. The molecule has 0 spiro atoms. The number of aromatic nitrogens is 2. The van der Waals surface area contributed by atoms with E-state index in [4.69, 9.17) is 4.42 Å². The number of piperazine rings is 1. The van der Waals surface area contributed by atoms with Crippen molar-refractivity contribution < 1.29 is 4.42 Å². The maximum Gasteiger partial charge on any atom is 0.345 e. The molecule has 7 heteroatoms. The van der Waals surface area contributed by atoms with Crippen molar-refractivity contribution >= 4 is 33.0 Å². The van der Waals surface area contributed by atoms with E-state index in [1.807, 2.05) is 40.4 Å². The summed E-state index contributed by atoms with van der Waals surface area (Å²) < 4.78 is 7.55. The lowest BCUT2D eigenvalue weighted by atomic mass is 10.1. The van der Waals surface area contributed by atoms with Gasteiger partial charge in [0.15, 0.2) is 4.96 Å². The lowest BCUT2D eigenvalue weighted by Crippen LogP contribution is -2.49. The summed E-state index contributed by atoms with van der Waals surface area (Å²) in [6.07, 6.45) is 3.79. The summed E-state index contributed by atoms with van der Waals surface area (Å²) in [5, 5.41) is 6.31. The standard InChI is InChI=1S/C19H18N4O2S/c1-12-10-22(5-4-20-12)14-3-2-13-8-15(18(24)25-17(13)9-14)16-11-23-6-7-26-19(23)21-16/h2-3,6-9,11-12,20H,4-5,10H2,1H3/t12-/m0/s1. The van der Waals surface area contributed by atoms with Crippen LogP contribution in [0.15, 0.2) is 51.3 Å². The van der Waals surface area contributed by atoms with Crippen LogP contribution < -0.4 is 15.8 Å². The van der Waals surface area contributed by atoms with Crippen molar-refractivity contribution in [3.63, 3.8) is 0 Å². The molecule has 26 heavy (non-hydrogen) atoms. The van der Waals surface area contributed by atoms with Crippen LogP contribution in [0.2, 0.25) is 0 Å². The third-order valence-electron chi connectivity index (χ3n) is 4.82. The van der Waals surface area contributed by atoms with Gasteiger partial charge in [-0.3, -0.25) is 4.40 Å². The number of benzene rings is 1. The highest BCUT2D eigenvalue weighted by atomic mass is 32.1. The molecule has 0 bridgehead atoms. The quantitative estimate of drug-likeness (QED) is 0.553. The van der Waals surface area contributed by atoms with Gasteiger partial charge in [0.2, 0.25) is 0 Å². The van der Waals surface area contributed by atoms with Gasteiger partial charge in [-0.25, -0.2) is 9.78 Å². The van der Waals surface area contributed by atoms with Gasteiger partial charge in [-0.1, -0.05) is 0 Å². The zero-order chi connectivity index (χ0) is 17.7. The van der Waals surface area contributed by atoms with Crippen LogP contribution in [0.5, 0.6) is 0 Å². The fourth-order valence-electron chi connectivity index (χ4n) is 3.50. The summed E-state index contributed by atoms with van der Waals surface area (Å²) >= 11 is 1.54. The number of rotatable bonds is 2. The molecular formula is C19H18N4O2S. The van der Waals surface area contributed by atoms with E-state index in [2.05, 4.69) is 28.2 Å². The molecule has 5 rings (SSSR count). The van der Waals surface area contributed by atoms with Gasteiger partial charge in [0, 0.05) is 60.6 Å². The highest BCUT2D eigenvalue weighted by Gasteiger charge is 2.17. The Morgan fingerprint density at radius 2 is 2.27 bits per heavy atom. The first kappa shape index (κ1) is 15.6. The summed E-state index contributed by atoms with van der Waals surface area (Å²) in [6, 6.07) is 8.39. The topological polar surface area (TPSA) is 62.8 Å². The number of hydrogen-bond acceptors (Lipinski definition) is 6.